The molecule has 1 aromatic heterocycles. The van der Waals surface area contributed by atoms with Crippen molar-refractivity contribution in [1.29, 1.82) is 0 Å². The molecule has 5 rings (SSSR count). The monoisotopic (exact) mass is 579 g/mol. The number of carbonyl (C=O) groups is 1. The number of nitrogens with zero attached hydrogens (tertiary/aromatic N) is 4. The Morgan fingerprint density at radius 1 is 1.19 bits per heavy atom. The maximum atomic E-state index is 13.5. The number of alkyl halides is 3. The third-order valence-electron chi connectivity index (χ3n) is 6.87. The number of hydrogen-bond donors (Lipinski definition) is 1. The summed E-state index contributed by atoms with van der Waals surface area (Å²) in [5.41, 5.74) is 0.924. The van der Waals surface area contributed by atoms with Gasteiger partial charge in [0.25, 0.3) is 0 Å². The van der Waals surface area contributed by atoms with Crippen LogP contribution in [0.15, 0.2) is 36.4 Å². The number of nitrogens with one attached hydrogen (secondary N) is 1. The smallest absolute Gasteiger partial charge is 0.435 e. The molecule has 0 spiro atoms. The Hall–Kier alpha value is -1.92. The molecule has 0 bridgehead atoms. The average molecular weight is 581 g/mol. The number of hydrogen-bond acceptors (Lipinski definition) is 6. The molecular weight excluding hydrogens is 550 g/mol. The molecule has 1 N–H and O–H groups in total. The molecular formula is C24H30Cl2F3N5O2S. The molecule has 0 aliphatic carbocycles. The number of halogens is 5. The Morgan fingerprint density at radius 3 is 2.54 bits per heavy atom. The average Bonchev–Trinajstić information content (AvgIpc) is 3.64. The molecule has 2 fully saturated rings. The van der Waals surface area contributed by atoms with E-state index in [2.05, 4.69) is 15.3 Å². The molecule has 1 aromatic carbocycles. The maximum absolute atomic E-state index is 13.5. The fraction of sp³-hybridized carbons (Fsp3) is 0.500. The van der Waals surface area contributed by atoms with Crippen LogP contribution in [0, 0.1) is 0 Å². The van der Waals surface area contributed by atoms with Gasteiger partial charge in [0, 0.05) is 38.0 Å². The molecule has 204 valence electrons. The molecule has 0 saturated carbocycles. The third-order valence-corrected chi connectivity index (χ3v) is 7.84. The molecule has 7 nitrogen and oxygen atoms in total. The van der Waals surface area contributed by atoms with Crippen LogP contribution in [0.1, 0.15) is 24.2 Å². The Kier molecular flexibility index (Phi) is 9.85. The minimum Gasteiger partial charge on any atom is -0.497 e. The van der Waals surface area contributed by atoms with E-state index >= 15 is 0 Å². The van der Waals surface area contributed by atoms with Gasteiger partial charge in [-0.15, -0.1) is 36.6 Å². The number of amides is 1. The number of rotatable bonds is 5. The van der Waals surface area contributed by atoms with E-state index in [0.29, 0.717) is 36.6 Å². The first kappa shape index (κ1) is 29.6. The molecule has 1 amide bonds. The fourth-order valence-electron chi connectivity index (χ4n) is 4.91. The van der Waals surface area contributed by atoms with Crippen molar-refractivity contribution in [2.24, 2.45) is 0 Å². The SMILES string of the molecule is COc1ccc(-n2nc(C(F)(F)F)cc2C2=CCN([C@@H]3CN[C@H](C(=O)N4CCSC4)C3)CC2)cc1.Cl.Cl. The maximum Gasteiger partial charge on any atom is 0.435 e. The predicted octanol–water partition coefficient (Wildman–Crippen LogP) is 4.10. The van der Waals surface area contributed by atoms with Crippen molar-refractivity contribution < 1.29 is 22.7 Å². The summed E-state index contributed by atoms with van der Waals surface area (Å²) in [5.74, 6) is 2.55. The van der Waals surface area contributed by atoms with Gasteiger partial charge < -0.3 is 15.0 Å². The highest BCUT2D eigenvalue weighted by molar-refractivity contribution is 7.99. The highest BCUT2D eigenvalue weighted by Crippen LogP contribution is 2.34. The lowest BCUT2D eigenvalue weighted by molar-refractivity contribution is -0.141. The second kappa shape index (κ2) is 12.3. The van der Waals surface area contributed by atoms with Crippen LogP contribution in [0.4, 0.5) is 13.2 Å². The van der Waals surface area contributed by atoms with Gasteiger partial charge in [-0.1, -0.05) is 6.08 Å². The van der Waals surface area contributed by atoms with Crippen molar-refractivity contribution in [2.75, 3.05) is 44.9 Å². The van der Waals surface area contributed by atoms with Gasteiger partial charge in [-0.2, -0.15) is 18.3 Å². The van der Waals surface area contributed by atoms with Crippen molar-refractivity contribution in [3.8, 4) is 11.4 Å². The van der Waals surface area contributed by atoms with E-state index in [9.17, 15) is 18.0 Å². The quantitative estimate of drug-likeness (QED) is 0.575. The molecule has 3 aliphatic rings. The number of benzene rings is 1. The Labute approximate surface area is 230 Å². The Balaban J connectivity index is 0.00000190. The Bertz CT molecular complexity index is 1110. The first-order chi connectivity index (χ1) is 16.8. The molecule has 2 saturated heterocycles. The molecule has 0 unspecified atom stereocenters. The molecule has 4 heterocycles. The van der Waals surface area contributed by atoms with Crippen LogP contribution in [0.3, 0.4) is 0 Å². The lowest BCUT2D eigenvalue weighted by Gasteiger charge is -2.31. The van der Waals surface area contributed by atoms with E-state index in [0.717, 1.165) is 42.8 Å². The fourth-order valence-corrected chi connectivity index (χ4v) is 5.86. The molecule has 2 aromatic rings. The predicted molar refractivity (Wildman–Crippen MR) is 143 cm³/mol. The van der Waals surface area contributed by atoms with E-state index in [-0.39, 0.29) is 42.8 Å². The van der Waals surface area contributed by atoms with Gasteiger partial charge in [-0.3, -0.25) is 9.69 Å². The minimum atomic E-state index is -4.53. The van der Waals surface area contributed by atoms with E-state index in [4.69, 9.17) is 4.74 Å². The normalized spacial score (nSPS) is 22.3. The first-order valence-electron chi connectivity index (χ1n) is 11.7. The topological polar surface area (TPSA) is 62.6 Å². The second-order valence-corrected chi connectivity index (χ2v) is 10.1. The van der Waals surface area contributed by atoms with Crippen LogP contribution in [0.5, 0.6) is 5.75 Å². The lowest BCUT2D eigenvalue weighted by atomic mass is 10.0. The van der Waals surface area contributed by atoms with E-state index in [1.807, 2.05) is 11.0 Å². The van der Waals surface area contributed by atoms with Crippen LogP contribution in [0.25, 0.3) is 11.3 Å². The van der Waals surface area contributed by atoms with Crippen molar-refractivity contribution >= 4 is 48.1 Å². The second-order valence-electron chi connectivity index (χ2n) is 8.99. The summed E-state index contributed by atoms with van der Waals surface area (Å²) in [5, 5.41) is 7.26. The van der Waals surface area contributed by atoms with Gasteiger partial charge in [-0.05, 0) is 48.7 Å². The van der Waals surface area contributed by atoms with Crippen LogP contribution in [-0.4, -0.2) is 82.5 Å². The van der Waals surface area contributed by atoms with Crippen LogP contribution >= 0.6 is 36.6 Å². The summed E-state index contributed by atoms with van der Waals surface area (Å²) in [4.78, 5) is 16.9. The third kappa shape index (κ3) is 6.39. The molecule has 13 heteroatoms. The van der Waals surface area contributed by atoms with E-state index in [1.54, 1.807) is 36.0 Å². The summed E-state index contributed by atoms with van der Waals surface area (Å²) in [6, 6.07) is 8.01. The largest absolute Gasteiger partial charge is 0.497 e. The first-order valence-corrected chi connectivity index (χ1v) is 12.8. The number of thioether (sulfide) groups is 1. The minimum absolute atomic E-state index is 0. The van der Waals surface area contributed by atoms with Crippen LogP contribution < -0.4 is 10.1 Å². The number of carbonyl (C=O) groups excluding carboxylic acids is 1. The highest BCUT2D eigenvalue weighted by Gasteiger charge is 2.38. The van der Waals surface area contributed by atoms with E-state index < -0.39 is 11.9 Å². The van der Waals surface area contributed by atoms with Crippen LogP contribution in [0.2, 0.25) is 0 Å². The summed E-state index contributed by atoms with van der Waals surface area (Å²) >= 11 is 1.78. The lowest BCUT2D eigenvalue weighted by Crippen LogP contribution is -2.42. The van der Waals surface area contributed by atoms with Gasteiger partial charge >= 0.3 is 6.18 Å². The zero-order valence-corrected chi connectivity index (χ0v) is 22.7. The van der Waals surface area contributed by atoms with Gasteiger partial charge in [0.15, 0.2) is 5.69 Å². The highest BCUT2D eigenvalue weighted by atomic mass is 35.5. The zero-order valence-electron chi connectivity index (χ0n) is 20.2. The van der Waals surface area contributed by atoms with Gasteiger partial charge in [0.1, 0.15) is 5.75 Å². The number of ether oxygens (including phenoxy) is 1. The van der Waals surface area contributed by atoms with Crippen molar-refractivity contribution in [2.45, 2.75) is 31.1 Å². The summed E-state index contributed by atoms with van der Waals surface area (Å²) in [6.45, 7) is 2.89. The summed E-state index contributed by atoms with van der Waals surface area (Å²) in [6.07, 6.45) is -1.17. The molecule has 2 atom stereocenters. The Morgan fingerprint density at radius 2 is 1.95 bits per heavy atom. The molecule has 0 radical (unpaired) electrons. The van der Waals surface area contributed by atoms with Gasteiger partial charge in [-0.25, -0.2) is 4.68 Å². The summed E-state index contributed by atoms with van der Waals surface area (Å²) < 4.78 is 47.0. The van der Waals surface area contributed by atoms with Crippen molar-refractivity contribution in [1.82, 2.24) is 24.9 Å². The zero-order chi connectivity index (χ0) is 24.6. The molecule has 37 heavy (non-hydrogen) atoms. The van der Waals surface area contributed by atoms with Crippen LogP contribution in [-0.2, 0) is 11.0 Å². The summed E-state index contributed by atoms with van der Waals surface area (Å²) in [7, 11) is 1.54. The van der Waals surface area contributed by atoms with Gasteiger partial charge in [0.05, 0.1) is 30.4 Å². The van der Waals surface area contributed by atoms with E-state index in [1.165, 1.54) is 11.8 Å². The number of aromatic nitrogens is 2. The standard InChI is InChI=1S/C24H28F3N5O2S.2ClH/c1-34-19-4-2-17(3-5-19)32-21(13-22(29-32)24(25,26)27)16-6-8-30(9-7-16)18-12-20(28-14-18)23(33)31-10-11-35-15-31;;/h2-6,13,18,20,28H,7-12,14-15H2,1H3;2*1H/t18-,20-;;/m0../s1. The number of methoxy groups -OCH3 is 1. The van der Waals surface area contributed by atoms with Crippen molar-refractivity contribution in [3.63, 3.8) is 0 Å². The van der Waals surface area contributed by atoms with Crippen molar-refractivity contribution in [3.05, 3.63) is 47.8 Å². The molecule has 3 aliphatic heterocycles. The van der Waals surface area contributed by atoms with Gasteiger partial charge in [0.2, 0.25) is 5.91 Å².